The molecule has 0 aromatic heterocycles. The molecule has 1 aliphatic heterocycles. The Morgan fingerprint density at radius 2 is 1.90 bits per heavy atom. The first-order valence-electron chi connectivity index (χ1n) is 10.7. The van der Waals surface area contributed by atoms with Gasteiger partial charge in [-0.15, -0.1) is 0 Å². The lowest BCUT2D eigenvalue weighted by atomic mass is 9.92. The summed E-state index contributed by atoms with van der Waals surface area (Å²) in [7, 11) is -3.57. The summed E-state index contributed by atoms with van der Waals surface area (Å²) in [5.41, 5.74) is 0.369. The summed E-state index contributed by atoms with van der Waals surface area (Å²) >= 11 is 0. The quantitative estimate of drug-likeness (QED) is 0.601. The predicted octanol–water partition coefficient (Wildman–Crippen LogP) is 1.99. The normalized spacial score (nSPS) is 19.3. The summed E-state index contributed by atoms with van der Waals surface area (Å²) in [5, 5.41) is 3.04. The number of hydrogen-bond acceptors (Lipinski definition) is 5. The van der Waals surface area contributed by atoms with E-state index in [0.29, 0.717) is 18.0 Å². The van der Waals surface area contributed by atoms with E-state index in [9.17, 15) is 13.2 Å². The Morgan fingerprint density at radius 3 is 2.52 bits per heavy atom. The molecule has 162 valence electrons. The van der Waals surface area contributed by atoms with Gasteiger partial charge in [0.15, 0.2) is 0 Å². The largest absolute Gasteiger partial charge is 0.379 e. The third-order valence-corrected chi connectivity index (χ3v) is 7.40. The second-order valence-electron chi connectivity index (χ2n) is 7.93. The molecule has 1 heterocycles. The maximum absolute atomic E-state index is 12.8. The number of nitrogens with zero attached hydrogens (tertiary/aromatic N) is 1. The highest BCUT2D eigenvalue weighted by Gasteiger charge is 2.29. The van der Waals surface area contributed by atoms with Crippen molar-refractivity contribution < 1.29 is 17.9 Å². The van der Waals surface area contributed by atoms with Gasteiger partial charge in [-0.3, -0.25) is 9.69 Å². The number of benzene rings is 1. The van der Waals surface area contributed by atoms with E-state index >= 15 is 0 Å². The molecule has 0 bridgehead atoms. The average molecular weight is 424 g/mol. The van der Waals surface area contributed by atoms with Gasteiger partial charge in [-0.2, -0.15) is 0 Å². The van der Waals surface area contributed by atoms with E-state index in [1.165, 1.54) is 12.1 Å². The summed E-state index contributed by atoms with van der Waals surface area (Å²) in [6.07, 6.45) is 3.85. The number of sulfonamides is 1. The summed E-state index contributed by atoms with van der Waals surface area (Å²) < 4.78 is 33.0. The monoisotopic (exact) mass is 423 g/mol. The van der Waals surface area contributed by atoms with Crippen LogP contribution in [0.1, 0.15) is 49.9 Å². The van der Waals surface area contributed by atoms with Gasteiger partial charge in [-0.25, -0.2) is 13.1 Å². The fourth-order valence-electron chi connectivity index (χ4n) is 3.93. The molecule has 1 saturated carbocycles. The highest BCUT2D eigenvalue weighted by atomic mass is 32.2. The maximum atomic E-state index is 12.8. The Morgan fingerprint density at radius 1 is 1.21 bits per heavy atom. The molecule has 0 radical (unpaired) electrons. The van der Waals surface area contributed by atoms with Crippen molar-refractivity contribution in [2.45, 2.75) is 56.5 Å². The molecule has 1 unspecified atom stereocenters. The van der Waals surface area contributed by atoms with E-state index in [-0.39, 0.29) is 22.9 Å². The number of hydrogen-bond donors (Lipinski definition) is 2. The van der Waals surface area contributed by atoms with Gasteiger partial charge in [0.25, 0.3) is 5.91 Å². The van der Waals surface area contributed by atoms with Crippen molar-refractivity contribution in [3.05, 3.63) is 29.8 Å². The first-order valence-corrected chi connectivity index (χ1v) is 12.1. The highest BCUT2D eigenvalue weighted by molar-refractivity contribution is 7.89. The van der Waals surface area contributed by atoms with Crippen molar-refractivity contribution in [1.29, 1.82) is 0 Å². The fraction of sp³-hybridized carbons (Fsp3) is 0.667. The second-order valence-corrected chi connectivity index (χ2v) is 9.64. The average Bonchev–Trinajstić information content (AvgIpc) is 3.55. The van der Waals surface area contributed by atoms with E-state index in [1.54, 1.807) is 12.1 Å². The van der Waals surface area contributed by atoms with Crippen molar-refractivity contribution in [1.82, 2.24) is 14.9 Å². The molecule has 1 saturated heterocycles. The summed E-state index contributed by atoms with van der Waals surface area (Å²) in [4.78, 5) is 15.3. The standard InChI is InChI=1S/C21H33N3O4S/c1-3-16(4-2)20(24-10-12-28-13-11-24)15-22-21(25)17-6-5-7-19(14-17)29(26,27)23-18-8-9-18/h5-7,14,16,18,20,23H,3-4,8-13,15H2,1-2H3,(H,22,25). The van der Waals surface area contributed by atoms with Crippen LogP contribution in [0, 0.1) is 5.92 Å². The van der Waals surface area contributed by atoms with Gasteiger partial charge >= 0.3 is 0 Å². The molecule has 3 rings (SSSR count). The first-order chi connectivity index (χ1) is 13.9. The molecule has 1 aliphatic carbocycles. The first kappa shape index (κ1) is 22.2. The summed E-state index contributed by atoms with van der Waals surface area (Å²) in [6, 6.07) is 6.56. The van der Waals surface area contributed by atoms with Gasteiger partial charge in [0.1, 0.15) is 0 Å². The highest BCUT2D eigenvalue weighted by Crippen LogP contribution is 2.23. The number of carbonyl (C=O) groups is 1. The number of nitrogens with one attached hydrogen (secondary N) is 2. The number of rotatable bonds is 10. The fourth-order valence-corrected chi connectivity index (χ4v) is 5.28. The van der Waals surface area contributed by atoms with Crippen LogP contribution in [0.4, 0.5) is 0 Å². The van der Waals surface area contributed by atoms with Crippen LogP contribution in [0.15, 0.2) is 29.2 Å². The molecule has 1 amide bonds. The van der Waals surface area contributed by atoms with Crippen LogP contribution < -0.4 is 10.0 Å². The van der Waals surface area contributed by atoms with Crippen LogP contribution in [0.2, 0.25) is 0 Å². The van der Waals surface area contributed by atoms with Gasteiger partial charge in [0.2, 0.25) is 10.0 Å². The van der Waals surface area contributed by atoms with Gasteiger partial charge in [0.05, 0.1) is 18.1 Å². The van der Waals surface area contributed by atoms with Crippen molar-refractivity contribution in [3.8, 4) is 0 Å². The second kappa shape index (κ2) is 10.0. The van der Waals surface area contributed by atoms with Gasteiger partial charge < -0.3 is 10.1 Å². The molecule has 2 N–H and O–H groups in total. The minimum atomic E-state index is -3.57. The predicted molar refractivity (Wildman–Crippen MR) is 112 cm³/mol. The van der Waals surface area contributed by atoms with Crippen LogP contribution >= 0.6 is 0 Å². The van der Waals surface area contributed by atoms with Gasteiger partial charge in [-0.1, -0.05) is 32.8 Å². The third kappa shape index (κ3) is 6.01. The van der Waals surface area contributed by atoms with Crippen molar-refractivity contribution in [3.63, 3.8) is 0 Å². The Labute approximate surface area is 174 Å². The van der Waals surface area contributed by atoms with Crippen molar-refractivity contribution in [2.24, 2.45) is 5.92 Å². The number of amides is 1. The van der Waals surface area contributed by atoms with Gasteiger partial charge in [-0.05, 0) is 37.0 Å². The van der Waals surface area contributed by atoms with E-state index in [4.69, 9.17) is 4.74 Å². The Balaban J connectivity index is 1.67. The Kier molecular flexibility index (Phi) is 7.67. The third-order valence-electron chi connectivity index (χ3n) is 5.89. The van der Waals surface area contributed by atoms with E-state index in [2.05, 4.69) is 28.8 Å². The van der Waals surface area contributed by atoms with Crippen LogP contribution in [-0.2, 0) is 14.8 Å². The molecule has 1 aromatic carbocycles. The molecule has 7 nitrogen and oxygen atoms in total. The molecule has 1 aromatic rings. The van der Waals surface area contributed by atoms with E-state index in [1.807, 2.05) is 0 Å². The van der Waals surface area contributed by atoms with Crippen LogP contribution in [0.5, 0.6) is 0 Å². The zero-order valence-electron chi connectivity index (χ0n) is 17.4. The Hall–Kier alpha value is -1.48. The molecule has 8 heteroatoms. The molecule has 0 spiro atoms. The zero-order chi connectivity index (χ0) is 20.9. The molecule has 1 atom stereocenters. The Bertz CT molecular complexity index is 785. The smallest absolute Gasteiger partial charge is 0.251 e. The lowest BCUT2D eigenvalue weighted by molar-refractivity contribution is 0.00191. The van der Waals surface area contributed by atoms with Crippen LogP contribution in [-0.4, -0.2) is 64.2 Å². The molecular weight excluding hydrogens is 390 g/mol. The molecule has 2 fully saturated rings. The lowest BCUT2D eigenvalue weighted by Crippen LogP contribution is -2.52. The summed E-state index contributed by atoms with van der Waals surface area (Å²) in [6.45, 7) is 8.10. The zero-order valence-corrected chi connectivity index (χ0v) is 18.2. The van der Waals surface area contributed by atoms with Crippen molar-refractivity contribution >= 4 is 15.9 Å². The minimum Gasteiger partial charge on any atom is -0.379 e. The van der Waals surface area contributed by atoms with Crippen LogP contribution in [0.25, 0.3) is 0 Å². The van der Waals surface area contributed by atoms with E-state index < -0.39 is 10.0 Å². The lowest BCUT2D eigenvalue weighted by Gasteiger charge is -2.38. The molecule has 2 aliphatic rings. The van der Waals surface area contributed by atoms with E-state index in [0.717, 1.165) is 52.0 Å². The van der Waals surface area contributed by atoms with Crippen molar-refractivity contribution in [2.75, 3.05) is 32.8 Å². The van der Waals surface area contributed by atoms with Crippen LogP contribution in [0.3, 0.4) is 0 Å². The number of ether oxygens (including phenoxy) is 1. The van der Waals surface area contributed by atoms with Gasteiger partial charge in [0, 0.05) is 37.3 Å². The number of carbonyl (C=O) groups excluding carboxylic acids is 1. The number of morpholine rings is 1. The molecule has 29 heavy (non-hydrogen) atoms. The topological polar surface area (TPSA) is 87.7 Å². The summed E-state index contributed by atoms with van der Waals surface area (Å²) in [5.74, 6) is 0.251. The minimum absolute atomic E-state index is 0.0341. The maximum Gasteiger partial charge on any atom is 0.251 e. The molecular formula is C21H33N3O4S. The SMILES string of the molecule is CCC(CC)C(CNC(=O)c1cccc(S(=O)(=O)NC2CC2)c1)N1CCOCC1.